The molecule has 1 rings (SSSR count). The lowest BCUT2D eigenvalue weighted by Gasteiger charge is -2.23. The van der Waals surface area contributed by atoms with Crippen molar-refractivity contribution < 1.29 is 14.3 Å². The fourth-order valence-electron chi connectivity index (χ4n) is 2.20. The Bertz CT molecular complexity index is 477. The van der Waals surface area contributed by atoms with Gasteiger partial charge in [0.2, 0.25) is 0 Å². The van der Waals surface area contributed by atoms with Crippen LogP contribution in [0.25, 0.3) is 0 Å². The SMILES string of the molecule is COC(=O)C(CC(C)C)NC(C)c1ccc(OC)c(Br)c1. The van der Waals surface area contributed by atoms with Crippen LogP contribution in [0.1, 0.15) is 38.8 Å². The van der Waals surface area contributed by atoms with E-state index in [1.807, 2.05) is 25.1 Å². The smallest absolute Gasteiger partial charge is 0.322 e. The summed E-state index contributed by atoms with van der Waals surface area (Å²) in [4.78, 5) is 11.9. The van der Waals surface area contributed by atoms with Gasteiger partial charge in [-0.25, -0.2) is 0 Å². The van der Waals surface area contributed by atoms with Gasteiger partial charge in [0, 0.05) is 6.04 Å². The normalized spacial score (nSPS) is 13.9. The van der Waals surface area contributed by atoms with E-state index in [9.17, 15) is 4.79 Å². The third-order valence-electron chi connectivity index (χ3n) is 3.32. The minimum Gasteiger partial charge on any atom is -0.496 e. The van der Waals surface area contributed by atoms with Crippen LogP contribution in [0.4, 0.5) is 0 Å². The molecule has 1 aromatic rings. The Morgan fingerprint density at radius 3 is 2.43 bits per heavy atom. The number of carbonyl (C=O) groups excluding carboxylic acids is 1. The summed E-state index contributed by atoms with van der Waals surface area (Å²) >= 11 is 3.48. The number of benzene rings is 1. The van der Waals surface area contributed by atoms with Crippen molar-refractivity contribution in [2.45, 2.75) is 39.3 Å². The highest BCUT2D eigenvalue weighted by atomic mass is 79.9. The average molecular weight is 358 g/mol. The average Bonchev–Trinajstić information content (AvgIpc) is 2.44. The molecule has 1 aromatic carbocycles. The fraction of sp³-hybridized carbons (Fsp3) is 0.562. The van der Waals surface area contributed by atoms with Gasteiger partial charge in [0.15, 0.2) is 0 Å². The molecule has 0 heterocycles. The van der Waals surface area contributed by atoms with Crippen molar-refractivity contribution in [3.8, 4) is 5.75 Å². The first-order chi connectivity index (χ1) is 9.88. The molecule has 0 saturated heterocycles. The highest BCUT2D eigenvalue weighted by molar-refractivity contribution is 9.10. The molecule has 0 aliphatic rings. The second-order valence-corrected chi connectivity index (χ2v) is 6.34. The van der Waals surface area contributed by atoms with Crippen LogP contribution in [0.15, 0.2) is 22.7 Å². The number of rotatable bonds is 7. The van der Waals surface area contributed by atoms with Gasteiger partial charge in [0.05, 0.1) is 18.7 Å². The van der Waals surface area contributed by atoms with Gasteiger partial charge in [-0.1, -0.05) is 19.9 Å². The quantitative estimate of drug-likeness (QED) is 0.755. The van der Waals surface area contributed by atoms with Gasteiger partial charge in [-0.3, -0.25) is 10.1 Å². The number of ether oxygens (including phenoxy) is 2. The molecule has 0 radical (unpaired) electrons. The maximum atomic E-state index is 11.9. The summed E-state index contributed by atoms with van der Waals surface area (Å²) < 4.78 is 11.0. The number of nitrogens with one attached hydrogen (secondary N) is 1. The molecule has 0 fully saturated rings. The number of methoxy groups -OCH3 is 2. The van der Waals surface area contributed by atoms with Crippen LogP contribution in [0, 0.1) is 5.92 Å². The number of hydrogen-bond donors (Lipinski definition) is 1. The predicted octanol–water partition coefficient (Wildman–Crippen LogP) is 3.70. The van der Waals surface area contributed by atoms with Crippen LogP contribution in [0.2, 0.25) is 0 Å². The summed E-state index contributed by atoms with van der Waals surface area (Å²) in [7, 11) is 3.06. The van der Waals surface area contributed by atoms with E-state index in [4.69, 9.17) is 9.47 Å². The van der Waals surface area contributed by atoms with Crippen LogP contribution in [-0.4, -0.2) is 26.2 Å². The minimum atomic E-state index is -0.300. The number of halogens is 1. The first-order valence-corrected chi connectivity index (χ1v) is 7.85. The zero-order valence-corrected chi connectivity index (χ0v) is 14.9. The number of esters is 1. The van der Waals surface area contributed by atoms with E-state index in [1.165, 1.54) is 7.11 Å². The first kappa shape index (κ1) is 18.0. The predicted molar refractivity (Wildman–Crippen MR) is 87.5 cm³/mol. The van der Waals surface area contributed by atoms with E-state index in [-0.39, 0.29) is 18.1 Å². The molecule has 2 atom stereocenters. The van der Waals surface area contributed by atoms with E-state index < -0.39 is 0 Å². The van der Waals surface area contributed by atoms with E-state index in [2.05, 4.69) is 35.1 Å². The maximum Gasteiger partial charge on any atom is 0.322 e. The molecule has 0 saturated carbocycles. The first-order valence-electron chi connectivity index (χ1n) is 7.06. The van der Waals surface area contributed by atoms with Gasteiger partial charge >= 0.3 is 5.97 Å². The summed E-state index contributed by atoms with van der Waals surface area (Å²) in [6.45, 7) is 6.21. The summed E-state index contributed by atoms with van der Waals surface area (Å²) in [5, 5.41) is 3.34. The van der Waals surface area contributed by atoms with Crippen LogP contribution in [-0.2, 0) is 9.53 Å². The number of hydrogen-bond acceptors (Lipinski definition) is 4. The molecule has 0 aliphatic carbocycles. The van der Waals surface area contributed by atoms with Gasteiger partial charge in [0.25, 0.3) is 0 Å². The second kappa shape index (κ2) is 8.39. The molecule has 5 heteroatoms. The standard InChI is InChI=1S/C16H24BrNO3/c1-10(2)8-14(16(19)21-5)18-11(3)12-6-7-15(20-4)13(17)9-12/h6-7,9-11,14,18H,8H2,1-5H3. The minimum absolute atomic E-state index is 0.0371. The summed E-state index contributed by atoms with van der Waals surface area (Å²) in [5.41, 5.74) is 1.08. The monoisotopic (exact) mass is 357 g/mol. The Morgan fingerprint density at radius 1 is 1.29 bits per heavy atom. The second-order valence-electron chi connectivity index (χ2n) is 5.49. The lowest BCUT2D eigenvalue weighted by molar-refractivity contribution is -0.143. The summed E-state index contributed by atoms with van der Waals surface area (Å²) in [6, 6.07) is 5.64. The Balaban J connectivity index is 2.83. The summed E-state index contributed by atoms with van der Waals surface area (Å²) in [6.07, 6.45) is 0.744. The van der Waals surface area contributed by atoms with Crippen molar-refractivity contribution in [3.05, 3.63) is 28.2 Å². The molecule has 0 bridgehead atoms. The molecule has 0 aromatic heterocycles. The Kier molecular flexibility index (Phi) is 7.18. The zero-order chi connectivity index (χ0) is 16.0. The summed E-state index contributed by atoms with van der Waals surface area (Å²) in [5.74, 6) is 0.983. The van der Waals surface area contributed by atoms with Crippen LogP contribution >= 0.6 is 15.9 Å². The van der Waals surface area contributed by atoms with Crippen molar-refractivity contribution in [2.75, 3.05) is 14.2 Å². The molecule has 4 nitrogen and oxygen atoms in total. The Morgan fingerprint density at radius 2 is 1.95 bits per heavy atom. The van der Waals surface area contributed by atoms with Gasteiger partial charge in [0.1, 0.15) is 11.8 Å². The third kappa shape index (κ3) is 5.32. The van der Waals surface area contributed by atoms with E-state index >= 15 is 0 Å². The maximum absolute atomic E-state index is 11.9. The van der Waals surface area contributed by atoms with Gasteiger partial charge in [-0.2, -0.15) is 0 Å². The highest BCUT2D eigenvalue weighted by Gasteiger charge is 2.23. The lowest BCUT2D eigenvalue weighted by atomic mass is 10.0. The molecule has 21 heavy (non-hydrogen) atoms. The lowest BCUT2D eigenvalue weighted by Crippen LogP contribution is -2.40. The van der Waals surface area contributed by atoms with Crippen molar-refractivity contribution in [1.82, 2.24) is 5.32 Å². The van der Waals surface area contributed by atoms with Crippen LogP contribution in [0.3, 0.4) is 0 Å². The van der Waals surface area contributed by atoms with Gasteiger partial charge in [-0.05, 0) is 52.9 Å². The van der Waals surface area contributed by atoms with Gasteiger partial charge in [-0.15, -0.1) is 0 Å². The van der Waals surface area contributed by atoms with Crippen LogP contribution < -0.4 is 10.1 Å². The molecule has 0 amide bonds. The molecular weight excluding hydrogens is 334 g/mol. The Labute approximate surface area is 135 Å². The third-order valence-corrected chi connectivity index (χ3v) is 3.94. The molecular formula is C16H24BrNO3. The zero-order valence-electron chi connectivity index (χ0n) is 13.3. The van der Waals surface area contributed by atoms with E-state index in [1.54, 1.807) is 7.11 Å². The van der Waals surface area contributed by atoms with Crippen molar-refractivity contribution >= 4 is 21.9 Å². The highest BCUT2D eigenvalue weighted by Crippen LogP contribution is 2.28. The van der Waals surface area contributed by atoms with E-state index in [0.29, 0.717) is 5.92 Å². The fourth-order valence-corrected chi connectivity index (χ4v) is 2.75. The van der Waals surface area contributed by atoms with Gasteiger partial charge < -0.3 is 9.47 Å². The van der Waals surface area contributed by atoms with E-state index in [0.717, 1.165) is 22.2 Å². The van der Waals surface area contributed by atoms with Crippen molar-refractivity contribution in [1.29, 1.82) is 0 Å². The van der Waals surface area contributed by atoms with Crippen molar-refractivity contribution in [2.24, 2.45) is 5.92 Å². The van der Waals surface area contributed by atoms with Crippen LogP contribution in [0.5, 0.6) is 5.75 Å². The topological polar surface area (TPSA) is 47.6 Å². The molecule has 118 valence electrons. The largest absolute Gasteiger partial charge is 0.496 e. The Hall–Kier alpha value is -1.07. The number of carbonyl (C=O) groups is 1. The molecule has 1 N–H and O–H groups in total. The molecule has 0 aliphatic heterocycles. The van der Waals surface area contributed by atoms with Crippen molar-refractivity contribution in [3.63, 3.8) is 0 Å². The molecule has 0 spiro atoms. The molecule has 2 unspecified atom stereocenters.